The first kappa shape index (κ1) is 16.1. The van der Waals surface area contributed by atoms with Gasteiger partial charge in [0.25, 0.3) is 0 Å². The van der Waals surface area contributed by atoms with Crippen LogP contribution in [0.1, 0.15) is 30.5 Å². The lowest BCUT2D eigenvalue weighted by atomic mass is 10.0. The topological polar surface area (TPSA) is 34.1 Å². The molecular formula is C16H18Cl2N2O. The van der Waals surface area contributed by atoms with Gasteiger partial charge < -0.3 is 10.1 Å². The molecule has 5 heteroatoms. The molecule has 1 atom stereocenters. The van der Waals surface area contributed by atoms with E-state index in [9.17, 15) is 0 Å². The third-order valence-electron chi connectivity index (χ3n) is 3.10. The molecule has 2 aromatic rings. The van der Waals surface area contributed by atoms with Gasteiger partial charge in [-0.25, -0.2) is 0 Å². The van der Waals surface area contributed by atoms with Gasteiger partial charge >= 0.3 is 0 Å². The summed E-state index contributed by atoms with van der Waals surface area (Å²) in [4.78, 5) is 4.24. The molecule has 112 valence electrons. The molecule has 0 bridgehead atoms. The predicted molar refractivity (Wildman–Crippen MR) is 87.4 cm³/mol. The summed E-state index contributed by atoms with van der Waals surface area (Å²) < 4.78 is 5.63. The van der Waals surface area contributed by atoms with E-state index in [-0.39, 0.29) is 6.04 Å². The van der Waals surface area contributed by atoms with E-state index in [1.165, 1.54) is 0 Å². The molecule has 1 aromatic heterocycles. The Morgan fingerprint density at radius 2 is 2.05 bits per heavy atom. The smallest absolute Gasteiger partial charge is 0.137 e. The Bertz CT molecular complexity index is 605. The van der Waals surface area contributed by atoms with E-state index in [1.54, 1.807) is 12.3 Å². The molecule has 1 unspecified atom stereocenters. The van der Waals surface area contributed by atoms with Gasteiger partial charge in [0.1, 0.15) is 5.75 Å². The highest BCUT2D eigenvalue weighted by Gasteiger charge is 2.16. The predicted octanol–water partition coefficient (Wildman–Crippen LogP) is 4.49. The molecule has 0 aliphatic heterocycles. The number of pyridine rings is 1. The summed E-state index contributed by atoms with van der Waals surface area (Å²) >= 11 is 12.3. The van der Waals surface area contributed by atoms with E-state index in [0.29, 0.717) is 16.7 Å². The first-order valence-electron chi connectivity index (χ1n) is 6.85. The average Bonchev–Trinajstić information content (AvgIpc) is 2.48. The molecule has 0 fully saturated rings. The van der Waals surface area contributed by atoms with Crippen LogP contribution in [-0.2, 0) is 0 Å². The summed E-state index contributed by atoms with van der Waals surface area (Å²) in [6.45, 7) is 2.75. The quantitative estimate of drug-likeness (QED) is 0.850. The fourth-order valence-corrected chi connectivity index (χ4v) is 2.65. The van der Waals surface area contributed by atoms with Crippen molar-refractivity contribution in [1.29, 1.82) is 0 Å². The Morgan fingerprint density at radius 1 is 1.24 bits per heavy atom. The zero-order valence-corrected chi connectivity index (χ0v) is 13.6. The Kier molecular flexibility index (Phi) is 5.85. The fourth-order valence-electron chi connectivity index (χ4n) is 2.13. The largest absolute Gasteiger partial charge is 0.492 e. The van der Waals surface area contributed by atoms with Crippen molar-refractivity contribution < 1.29 is 4.74 Å². The molecule has 21 heavy (non-hydrogen) atoms. The van der Waals surface area contributed by atoms with Crippen LogP contribution in [0, 0.1) is 0 Å². The maximum Gasteiger partial charge on any atom is 0.137 e. The number of hydrogen-bond donors (Lipinski definition) is 1. The first-order valence-corrected chi connectivity index (χ1v) is 7.61. The number of aromatic nitrogens is 1. The summed E-state index contributed by atoms with van der Waals surface area (Å²) in [5.41, 5.74) is 1.95. The van der Waals surface area contributed by atoms with Gasteiger partial charge in [-0.3, -0.25) is 4.98 Å². The highest BCUT2D eigenvalue weighted by Crippen LogP contribution is 2.31. The van der Waals surface area contributed by atoms with Crippen molar-refractivity contribution in [1.82, 2.24) is 10.3 Å². The highest BCUT2D eigenvalue weighted by atomic mass is 35.5. The first-order chi connectivity index (χ1) is 10.2. The Morgan fingerprint density at radius 3 is 2.71 bits per heavy atom. The third kappa shape index (κ3) is 4.10. The maximum absolute atomic E-state index is 6.30. The van der Waals surface area contributed by atoms with Crippen molar-refractivity contribution in [2.45, 2.75) is 19.4 Å². The average molecular weight is 325 g/mol. The molecule has 1 N–H and O–H groups in total. The second-order valence-corrected chi connectivity index (χ2v) is 5.53. The van der Waals surface area contributed by atoms with E-state index in [0.717, 1.165) is 23.3 Å². The lowest BCUT2D eigenvalue weighted by Gasteiger charge is -2.19. The number of hydrogen-bond acceptors (Lipinski definition) is 3. The molecule has 0 aliphatic carbocycles. The van der Waals surface area contributed by atoms with Crippen molar-refractivity contribution in [2.24, 2.45) is 0 Å². The van der Waals surface area contributed by atoms with E-state index < -0.39 is 0 Å². The van der Waals surface area contributed by atoms with Gasteiger partial charge in [-0.1, -0.05) is 36.2 Å². The molecule has 0 amide bonds. The Hall–Kier alpha value is -1.29. The minimum atomic E-state index is -0.0626. The fraction of sp³-hybridized carbons (Fsp3) is 0.312. The third-order valence-corrected chi connectivity index (χ3v) is 3.67. The van der Waals surface area contributed by atoms with E-state index in [2.05, 4.69) is 17.2 Å². The van der Waals surface area contributed by atoms with Gasteiger partial charge in [0, 0.05) is 16.2 Å². The monoisotopic (exact) mass is 324 g/mol. The van der Waals surface area contributed by atoms with Gasteiger partial charge in [-0.15, -0.1) is 0 Å². The van der Waals surface area contributed by atoms with Crippen molar-refractivity contribution in [3.8, 4) is 5.75 Å². The van der Waals surface area contributed by atoms with Crippen LogP contribution in [0.25, 0.3) is 0 Å². The van der Waals surface area contributed by atoms with Crippen LogP contribution < -0.4 is 10.1 Å². The molecule has 1 heterocycles. The Labute approximate surface area is 135 Å². The molecule has 0 aliphatic rings. The maximum atomic E-state index is 6.30. The van der Waals surface area contributed by atoms with Crippen molar-refractivity contribution in [3.63, 3.8) is 0 Å². The Balaban J connectivity index is 2.32. The van der Waals surface area contributed by atoms with Crippen LogP contribution in [0.5, 0.6) is 5.75 Å². The molecule has 0 spiro atoms. The minimum absolute atomic E-state index is 0.0626. The lowest BCUT2D eigenvalue weighted by Crippen LogP contribution is -2.18. The van der Waals surface area contributed by atoms with Gasteiger partial charge in [-0.05, 0) is 42.8 Å². The van der Waals surface area contributed by atoms with E-state index >= 15 is 0 Å². The number of ether oxygens (including phenoxy) is 1. The van der Waals surface area contributed by atoms with Crippen molar-refractivity contribution in [3.05, 3.63) is 57.8 Å². The van der Waals surface area contributed by atoms with Crippen LogP contribution >= 0.6 is 23.2 Å². The zero-order valence-electron chi connectivity index (χ0n) is 12.1. The number of benzene rings is 1. The normalized spacial score (nSPS) is 12.2. The van der Waals surface area contributed by atoms with Crippen LogP contribution in [-0.4, -0.2) is 18.6 Å². The number of nitrogens with one attached hydrogen (secondary N) is 1. The molecular weight excluding hydrogens is 307 g/mol. The number of nitrogens with zero attached hydrogens (tertiary/aromatic N) is 1. The molecule has 1 aromatic carbocycles. The van der Waals surface area contributed by atoms with Crippen LogP contribution in [0.3, 0.4) is 0 Å². The van der Waals surface area contributed by atoms with Gasteiger partial charge in [0.15, 0.2) is 0 Å². The van der Waals surface area contributed by atoms with Crippen LogP contribution in [0.4, 0.5) is 0 Å². The summed E-state index contributed by atoms with van der Waals surface area (Å²) in [6, 6.07) is 7.42. The van der Waals surface area contributed by atoms with Gasteiger partial charge in [0.2, 0.25) is 0 Å². The van der Waals surface area contributed by atoms with E-state index in [1.807, 2.05) is 31.4 Å². The number of halogens is 2. The zero-order chi connectivity index (χ0) is 15.2. The van der Waals surface area contributed by atoms with Gasteiger partial charge in [0.05, 0.1) is 18.8 Å². The highest BCUT2D eigenvalue weighted by molar-refractivity contribution is 6.35. The second-order valence-electron chi connectivity index (χ2n) is 4.69. The molecule has 0 saturated carbocycles. The van der Waals surface area contributed by atoms with Crippen LogP contribution in [0.2, 0.25) is 10.0 Å². The van der Waals surface area contributed by atoms with Gasteiger partial charge in [-0.2, -0.15) is 0 Å². The summed E-state index contributed by atoms with van der Waals surface area (Å²) in [7, 11) is 1.88. The van der Waals surface area contributed by atoms with Crippen LogP contribution in [0.15, 0.2) is 36.7 Å². The molecule has 0 radical (unpaired) electrons. The van der Waals surface area contributed by atoms with E-state index in [4.69, 9.17) is 27.9 Å². The second kappa shape index (κ2) is 7.64. The van der Waals surface area contributed by atoms with Crippen molar-refractivity contribution in [2.75, 3.05) is 13.7 Å². The van der Waals surface area contributed by atoms with Crippen molar-refractivity contribution >= 4 is 23.2 Å². The summed E-state index contributed by atoms with van der Waals surface area (Å²) in [5.74, 6) is 0.764. The minimum Gasteiger partial charge on any atom is -0.492 e. The summed E-state index contributed by atoms with van der Waals surface area (Å²) in [6.07, 6.45) is 4.49. The number of rotatable bonds is 6. The lowest BCUT2D eigenvalue weighted by molar-refractivity contribution is 0.315. The molecule has 2 rings (SSSR count). The molecule has 0 saturated heterocycles. The SMILES string of the molecule is CCCOc1cncc(C(NC)c2ccc(Cl)cc2Cl)c1. The summed E-state index contributed by atoms with van der Waals surface area (Å²) in [5, 5.41) is 4.50. The molecule has 3 nitrogen and oxygen atoms in total. The standard InChI is InChI=1S/C16H18Cl2N2O/c1-3-6-21-13-7-11(9-20-10-13)16(19-2)14-5-4-12(17)8-15(14)18/h4-5,7-10,16,19H,3,6H2,1-2H3.